The third-order valence-electron chi connectivity index (χ3n) is 3.99. The van der Waals surface area contributed by atoms with Crippen LogP contribution in [0.15, 0.2) is 65.3 Å². The van der Waals surface area contributed by atoms with Crippen molar-refractivity contribution in [2.45, 2.75) is 6.92 Å². The first kappa shape index (κ1) is 19.7. The molecular formula is C21H19N3O5. The van der Waals surface area contributed by atoms with Crippen molar-refractivity contribution >= 4 is 29.1 Å². The lowest BCUT2D eigenvalue weighted by molar-refractivity contribution is -0.119. The monoisotopic (exact) mass is 393 g/mol. The quantitative estimate of drug-likeness (QED) is 0.569. The summed E-state index contributed by atoms with van der Waals surface area (Å²) >= 11 is 0. The van der Waals surface area contributed by atoms with Crippen molar-refractivity contribution in [3.05, 3.63) is 77.7 Å². The van der Waals surface area contributed by atoms with Crippen molar-refractivity contribution < 1.29 is 23.5 Å². The van der Waals surface area contributed by atoms with E-state index >= 15 is 0 Å². The van der Waals surface area contributed by atoms with Gasteiger partial charge in [0.05, 0.1) is 6.26 Å². The topological polar surface area (TPSA) is 124 Å². The second-order valence-corrected chi connectivity index (χ2v) is 6.19. The molecule has 3 aromatic rings. The molecule has 0 spiro atoms. The first-order valence-corrected chi connectivity index (χ1v) is 8.70. The van der Waals surface area contributed by atoms with Crippen molar-refractivity contribution in [3.8, 4) is 5.75 Å². The third kappa shape index (κ3) is 5.23. The molecule has 29 heavy (non-hydrogen) atoms. The van der Waals surface area contributed by atoms with E-state index in [-0.39, 0.29) is 18.3 Å². The van der Waals surface area contributed by atoms with Crippen LogP contribution in [-0.2, 0) is 4.79 Å². The smallest absolute Gasteiger partial charge is 0.291 e. The summed E-state index contributed by atoms with van der Waals surface area (Å²) in [4.78, 5) is 35.5. The lowest BCUT2D eigenvalue weighted by atomic mass is 10.1. The van der Waals surface area contributed by atoms with Gasteiger partial charge < -0.3 is 25.5 Å². The summed E-state index contributed by atoms with van der Waals surface area (Å²) in [5, 5.41) is 5.50. The van der Waals surface area contributed by atoms with Gasteiger partial charge in [0, 0.05) is 16.9 Å². The van der Waals surface area contributed by atoms with Crippen LogP contribution in [0.1, 0.15) is 26.5 Å². The fourth-order valence-corrected chi connectivity index (χ4v) is 2.48. The van der Waals surface area contributed by atoms with Crippen LogP contribution in [0.2, 0.25) is 0 Å². The van der Waals surface area contributed by atoms with Gasteiger partial charge in [-0.05, 0) is 61.0 Å². The number of anilines is 2. The van der Waals surface area contributed by atoms with Crippen LogP contribution >= 0.6 is 0 Å². The molecule has 0 saturated carbocycles. The lowest BCUT2D eigenvalue weighted by Crippen LogP contribution is -2.20. The van der Waals surface area contributed by atoms with Gasteiger partial charge in [-0.15, -0.1) is 0 Å². The minimum Gasteiger partial charge on any atom is -0.484 e. The van der Waals surface area contributed by atoms with Gasteiger partial charge in [0.25, 0.3) is 17.7 Å². The Kier molecular flexibility index (Phi) is 5.94. The highest BCUT2D eigenvalue weighted by Gasteiger charge is 2.13. The first-order valence-electron chi connectivity index (χ1n) is 8.70. The zero-order valence-electron chi connectivity index (χ0n) is 15.6. The second-order valence-electron chi connectivity index (χ2n) is 6.19. The van der Waals surface area contributed by atoms with Gasteiger partial charge in [0.1, 0.15) is 5.75 Å². The number of amides is 3. The SMILES string of the molecule is Cc1ccc(C(=O)Nc2ccc(OCC(N)=O)cc2)cc1NC(=O)c1ccco1. The van der Waals surface area contributed by atoms with Crippen molar-refractivity contribution in [2.75, 3.05) is 17.2 Å². The number of nitrogens with two attached hydrogens (primary N) is 1. The molecule has 2 aromatic carbocycles. The highest BCUT2D eigenvalue weighted by Crippen LogP contribution is 2.20. The number of benzene rings is 2. The third-order valence-corrected chi connectivity index (χ3v) is 3.99. The van der Waals surface area contributed by atoms with Gasteiger partial charge in [0.15, 0.2) is 12.4 Å². The number of nitrogens with one attached hydrogen (secondary N) is 2. The largest absolute Gasteiger partial charge is 0.484 e. The van der Waals surface area contributed by atoms with Gasteiger partial charge in [0.2, 0.25) is 0 Å². The van der Waals surface area contributed by atoms with Gasteiger partial charge in [-0.2, -0.15) is 0 Å². The van der Waals surface area contributed by atoms with Crippen molar-refractivity contribution in [2.24, 2.45) is 5.73 Å². The summed E-state index contributed by atoms with van der Waals surface area (Å²) in [6.07, 6.45) is 1.41. The van der Waals surface area contributed by atoms with Crippen LogP contribution < -0.4 is 21.1 Å². The van der Waals surface area contributed by atoms with Gasteiger partial charge in [-0.1, -0.05) is 6.07 Å². The Hall–Kier alpha value is -4.07. The number of aryl methyl sites for hydroxylation is 1. The summed E-state index contributed by atoms with van der Waals surface area (Å²) in [7, 11) is 0. The number of carbonyl (C=O) groups is 3. The lowest BCUT2D eigenvalue weighted by Gasteiger charge is -2.11. The molecule has 3 rings (SSSR count). The minimum atomic E-state index is -0.573. The van der Waals surface area contributed by atoms with Gasteiger partial charge in [-0.25, -0.2) is 0 Å². The van der Waals surface area contributed by atoms with Gasteiger partial charge in [-0.3, -0.25) is 14.4 Å². The number of furan rings is 1. The van der Waals surface area contributed by atoms with E-state index in [9.17, 15) is 14.4 Å². The molecule has 0 aliphatic carbocycles. The van der Waals surface area contributed by atoms with Crippen LogP contribution in [-0.4, -0.2) is 24.3 Å². The van der Waals surface area contributed by atoms with Crippen LogP contribution in [0.4, 0.5) is 11.4 Å². The van der Waals surface area contributed by atoms with E-state index in [0.717, 1.165) is 5.56 Å². The molecule has 1 heterocycles. The van der Waals surface area contributed by atoms with E-state index < -0.39 is 11.8 Å². The molecule has 0 unspecified atom stereocenters. The van der Waals surface area contributed by atoms with Crippen molar-refractivity contribution in [3.63, 3.8) is 0 Å². The summed E-state index contributed by atoms with van der Waals surface area (Å²) in [6.45, 7) is 1.60. The molecule has 8 nitrogen and oxygen atoms in total. The Balaban J connectivity index is 1.67. The van der Waals surface area contributed by atoms with E-state index in [2.05, 4.69) is 10.6 Å². The van der Waals surface area contributed by atoms with Crippen LogP contribution in [0.3, 0.4) is 0 Å². The highest BCUT2D eigenvalue weighted by molar-refractivity contribution is 6.07. The minimum absolute atomic E-state index is 0.179. The molecular weight excluding hydrogens is 374 g/mol. The number of hydrogen-bond acceptors (Lipinski definition) is 5. The predicted octanol–water partition coefficient (Wildman–Crippen LogP) is 2.96. The first-order chi connectivity index (χ1) is 13.9. The standard InChI is InChI=1S/C21H19N3O5/c1-13-4-5-14(11-17(13)24-21(27)18-3-2-10-28-18)20(26)23-15-6-8-16(9-7-15)29-12-19(22)25/h2-11H,12H2,1H3,(H2,22,25)(H,23,26)(H,24,27). The molecule has 3 amide bonds. The van der Waals surface area contributed by atoms with Crippen LogP contribution in [0.25, 0.3) is 0 Å². The fraction of sp³-hybridized carbons (Fsp3) is 0.0952. The zero-order valence-corrected chi connectivity index (χ0v) is 15.6. The summed E-state index contributed by atoms with van der Waals surface area (Å²) in [6, 6.07) is 14.7. The Morgan fingerprint density at radius 1 is 1.00 bits per heavy atom. The maximum Gasteiger partial charge on any atom is 0.291 e. The summed E-state index contributed by atoms with van der Waals surface area (Å²) in [5.74, 6) is -0.679. The predicted molar refractivity (Wildman–Crippen MR) is 107 cm³/mol. The molecule has 8 heteroatoms. The number of hydrogen-bond donors (Lipinski definition) is 3. The molecule has 0 radical (unpaired) electrons. The molecule has 148 valence electrons. The maximum atomic E-state index is 12.6. The van der Waals surface area contributed by atoms with E-state index in [1.54, 1.807) is 54.6 Å². The number of carbonyl (C=O) groups excluding carboxylic acids is 3. The Morgan fingerprint density at radius 2 is 1.76 bits per heavy atom. The average molecular weight is 393 g/mol. The molecule has 4 N–H and O–H groups in total. The fourth-order valence-electron chi connectivity index (χ4n) is 2.48. The molecule has 0 atom stereocenters. The molecule has 0 saturated heterocycles. The second kappa shape index (κ2) is 8.75. The van der Waals surface area contributed by atoms with E-state index in [1.165, 1.54) is 6.26 Å². The van der Waals surface area contributed by atoms with E-state index in [4.69, 9.17) is 14.9 Å². The molecule has 0 fully saturated rings. The van der Waals surface area contributed by atoms with Crippen LogP contribution in [0, 0.1) is 6.92 Å². The van der Waals surface area contributed by atoms with E-state index in [0.29, 0.717) is 22.7 Å². The molecule has 0 aliphatic rings. The van der Waals surface area contributed by atoms with Crippen LogP contribution in [0.5, 0.6) is 5.75 Å². The Morgan fingerprint density at radius 3 is 2.41 bits per heavy atom. The molecule has 0 bridgehead atoms. The number of ether oxygens (including phenoxy) is 1. The Bertz CT molecular complexity index is 1030. The Labute approximate surface area is 166 Å². The number of rotatable bonds is 7. The average Bonchev–Trinajstić information content (AvgIpc) is 3.24. The normalized spacial score (nSPS) is 10.2. The molecule has 0 aliphatic heterocycles. The van der Waals surface area contributed by atoms with Crippen molar-refractivity contribution in [1.82, 2.24) is 0 Å². The zero-order chi connectivity index (χ0) is 20.8. The van der Waals surface area contributed by atoms with Crippen molar-refractivity contribution in [1.29, 1.82) is 0 Å². The summed E-state index contributed by atoms with van der Waals surface area (Å²) in [5.41, 5.74) is 7.26. The molecule has 1 aromatic heterocycles. The number of primary amides is 1. The summed E-state index contributed by atoms with van der Waals surface area (Å²) < 4.78 is 10.3. The maximum absolute atomic E-state index is 12.6. The van der Waals surface area contributed by atoms with Gasteiger partial charge >= 0.3 is 0 Å². The highest BCUT2D eigenvalue weighted by atomic mass is 16.5. The van der Waals surface area contributed by atoms with E-state index in [1.807, 2.05) is 6.92 Å².